The van der Waals surface area contributed by atoms with Crippen LogP contribution in [0.15, 0.2) is 30.5 Å². The van der Waals surface area contributed by atoms with Gasteiger partial charge in [-0.1, -0.05) is 0 Å². The van der Waals surface area contributed by atoms with Crippen LogP contribution in [0.4, 0.5) is 15.5 Å². The van der Waals surface area contributed by atoms with E-state index in [2.05, 4.69) is 26.9 Å². The molecule has 4 rings (SSSR count). The highest BCUT2D eigenvalue weighted by Gasteiger charge is 2.31. The van der Waals surface area contributed by atoms with Gasteiger partial charge in [0.25, 0.3) is 0 Å². The van der Waals surface area contributed by atoms with Crippen molar-refractivity contribution < 1.29 is 19.1 Å². The third-order valence-corrected chi connectivity index (χ3v) is 7.93. The molecule has 4 heterocycles. The van der Waals surface area contributed by atoms with Crippen molar-refractivity contribution >= 4 is 44.2 Å². The summed E-state index contributed by atoms with van der Waals surface area (Å²) in [6, 6.07) is 7.97. The number of fused-ring (bicyclic) bond motifs is 1. The normalized spacial score (nSPS) is 15.3. The maximum atomic E-state index is 12.6. The molecule has 0 saturated carbocycles. The first-order valence-corrected chi connectivity index (χ1v) is 14.3. The van der Waals surface area contributed by atoms with Crippen LogP contribution in [0.5, 0.6) is 5.88 Å². The molecule has 11 heteroatoms. The molecule has 3 aromatic heterocycles. The number of hydrogen-bond donors (Lipinski definition) is 0. The highest BCUT2D eigenvalue weighted by atomic mass is 32.1. The van der Waals surface area contributed by atoms with Crippen molar-refractivity contribution in [2.45, 2.75) is 32.8 Å². The molecular weight excluding hydrogens is 528 g/mol. The van der Waals surface area contributed by atoms with Crippen LogP contribution in [0.3, 0.4) is 0 Å². The molecule has 3 aromatic rings. The van der Waals surface area contributed by atoms with E-state index in [1.54, 1.807) is 29.5 Å². The van der Waals surface area contributed by atoms with Crippen LogP contribution in [0.2, 0.25) is 0 Å². The predicted molar refractivity (Wildman–Crippen MR) is 161 cm³/mol. The molecule has 216 valence electrons. The van der Waals surface area contributed by atoms with Crippen molar-refractivity contribution in [3.05, 3.63) is 30.5 Å². The van der Waals surface area contributed by atoms with Crippen molar-refractivity contribution in [2.75, 3.05) is 71.3 Å². The molecule has 40 heavy (non-hydrogen) atoms. The molecule has 0 aliphatic carbocycles. The second-order valence-electron chi connectivity index (χ2n) is 11.5. The van der Waals surface area contributed by atoms with Gasteiger partial charge in [0.1, 0.15) is 12.2 Å². The summed E-state index contributed by atoms with van der Waals surface area (Å²) in [5.41, 5.74) is 3.17. The summed E-state index contributed by atoms with van der Waals surface area (Å²) in [5.74, 6) is 0.630. The minimum absolute atomic E-state index is 0.0117. The maximum absolute atomic E-state index is 12.6. The average molecular weight is 569 g/mol. The van der Waals surface area contributed by atoms with E-state index in [9.17, 15) is 9.59 Å². The van der Waals surface area contributed by atoms with Crippen molar-refractivity contribution in [1.82, 2.24) is 19.8 Å². The third kappa shape index (κ3) is 6.93. The zero-order valence-corrected chi connectivity index (χ0v) is 25.5. The van der Waals surface area contributed by atoms with E-state index < -0.39 is 11.7 Å². The zero-order chi connectivity index (χ0) is 29.2. The molecule has 0 spiro atoms. The average Bonchev–Trinajstić information content (AvgIpc) is 3.55. The monoisotopic (exact) mass is 568 g/mol. The Bertz CT molecular complexity index is 1350. The van der Waals surface area contributed by atoms with E-state index in [-0.39, 0.29) is 11.8 Å². The summed E-state index contributed by atoms with van der Waals surface area (Å²) in [6.45, 7) is 7.69. The van der Waals surface area contributed by atoms with E-state index in [1.165, 1.54) is 4.90 Å². The molecule has 1 fully saturated rings. The molecule has 1 aliphatic heterocycles. The Morgan fingerprint density at radius 3 is 2.50 bits per heavy atom. The molecule has 1 unspecified atom stereocenters. The van der Waals surface area contributed by atoms with Gasteiger partial charge in [-0.25, -0.2) is 14.8 Å². The molecule has 2 amide bonds. The van der Waals surface area contributed by atoms with Gasteiger partial charge in [-0.15, -0.1) is 11.3 Å². The van der Waals surface area contributed by atoms with Gasteiger partial charge in [0.2, 0.25) is 11.8 Å². The van der Waals surface area contributed by atoms with Gasteiger partial charge in [0.05, 0.1) is 39.1 Å². The molecule has 0 N–H and O–H groups in total. The molecule has 0 aromatic carbocycles. The number of thiophene rings is 1. The van der Waals surface area contributed by atoms with Gasteiger partial charge in [0.15, 0.2) is 0 Å². The Labute approximate surface area is 240 Å². The fraction of sp³-hybridized carbons (Fsp3) is 0.517. The van der Waals surface area contributed by atoms with Crippen LogP contribution < -0.4 is 14.5 Å². The second kappa shape index (κ2) is 11.9. The van der Waals surface area contributed by atoms with Gasteiger partial charge in [-0.2, -0.15) is 0 Å². The van der Waals surface area contributed by atoms with Crippen LogP contribution >= 0.6 is 11.3 Å². The Balaban J connectivity index is 1.51. The van der Waals surface area contributed by atoms with E-state index in [4.69, 9.17) is 14.5 Å². The first-order chi connectivity index (χ1) is 18.8. The van der Waals surface area contributed by atoms with Gasteiger partial charge >= 0.3 is 6.09 Å². The second-order valence-corrected chi connectivity index (χ2v) is 12.6. The number of rotatable bonds is 8. The number of likely N-dealkylation sites (N-methyl/N-ethyl adjacent to an activating group) is 1. The zero-order valence-electron chi connectivity index (χ0n) is 24.7. The Hall–Kier alpha value is -3.60. The number of anilines is 2. The fourth-order valence-corrected chi connectivity index (χ4v) is 5.54. The Kier molecular flexibility index (Phi) is 8.72. The predicted octanol–water partition coefficient (Wildman–Crippen LogP) is 4.58. The summed E-state index contributed by atoms with van der Waals surface area (Å²) in [5, 5.41) is 1.12. The molecule has 0 bridgehead atoms. The first kappa shape index (κ1) is 29.4. The molecule has 10 nitrogen and oxygen atoms in total. The lowest BCUT2D eigenvalue weighted by Crippen LogP contribution is -2.36. The molecule has 0 radical (unpaired) electrons. The Morgan fingerprint density at radius 2 is 1.88 bits per heavy atom. The highest BCUT2D eigenvalue weighted by molar-refractivity contribution is 7.23. The lowest BCUT2D eigenvalue weighted by atomic mass is 10.1. The van der Waals surface area contributed by atoms with Crippen LogP contribution in [-0.2, 0) is 9.53 Å². The van der Waals surface area contributed by atoms with Gasteiger partial charge in [-0.3, -0.25) is 4.79 Å². The van der Waals surface area contributed by atoms with Crippen LogP contribution in [0.1, 0.15) is 27.2 Å². The lowest BCUT2D eigenvalue weighted by molar-refractivity contribution is -0.132. The number of nitrogens with zero attached hydrogens (tertiary/aromatic N) is 6. The van der Waals surface area contributed by atoms with E-state index in [0.29, 0.717) is 25.6 Å². The first-order valence-electron chi connectivity index (χ1n) is 13.4. The number of aromatic nitrogens is 2. The maximum Gasteiger partial charge on any atom is 0.410 e. The number of ether oxygens (including phenoxy) is 2. The van der Waals surface area contributed by atoms with E-state index in [0.717, 1.165) is 45.1 Å². The summed E-state index contributed by atoms with van der Waals surface area (Å²) < 4.78 is 12.3. The van der Waals surface area contributed by atoms with E-state index >= 15 is 0 Å². The van der Waals surface area contributed by atoms with Gasteiger partial charge in [-0.05, 0) is 45.4 Å². The summed E-state index contributed by atoms with van der Waals surface area (Å²) in [6.07, 6.45) is 2.20. The molecular formula is C29H40N6O4S. The van der Waals surface area contributed by atoms with Gasteiger partial charge in [0, 0.05) is 66.2 Å². The quantitative estimate of drug-likeness (QED) is 0.390. The number of carbonyl (C=O) groups is 2. The van der Waals surface area contributed by atoms with Crippen molar-refractivity contribution in [2.24, 2.45) is 5.92 Å². The minimum atomic E-state index is -0.544. The highest BCUT2D eigenvalue weighted by Crippen LogP contribution is 2.41. The topological polar surface area (TPSA) is 91.3 Å². The summed E-state index contributed by atoms with van der Waals surface area (Å²) in [4.78, 5) is 41.8. The lowest BCUT2D eigenvalue weighted by Gasteiger charge is -2.24. The number of amides is 2. The van der Waals surface area contributed by atoms with Crippen LogP contribution in [-0.4, -0.2) is 98.8 Å². The fourth-order valence-electron chi connectivity index (χ4n) is 4.48. The standard InChI is InChI=1S/C29H40N6O4S/c1-29(2,3)39-28(37)34(8)13-14-38-24-10-9-19(17-30-24)21-15-23(26-22(31-21)16-25(40-26)32(4)5)35-12-11-20(18-35)27(36)33(6)7/h9-10,15-17,20H,11-14,18H2,1-8H3. The summed E-state index contributed by atoms with van der Waals surface area (Å²) in [7, 11) is 9.37. The van der Waals surface area contributed by atoms with Crippen molar-refractivity contribution in [3.8, 4) is 17.1 Å². The third-order valence-electron chi connectivity index (χ3n) is 6.62. The largest absolute Gasteiger partial charge is 0.476 e. The SMILES string of the molecule is CN(C)C(=O)C1CCN(c2cc(-c3ccc(OCCN(C)C(=O)OC(C)(C)C)nc3)nc3cc(N(C)C)sc23)C1. The number of carbonyl (C=O) groups excluding carboxylic acids is 2. The van der Waals surface area contributed by atoms with Crippen molar-refractivity contribution in [1.29, 1.82) is 0 Å². The summed E-state index contributed by atoms with van der Waals surface area (Å²) >= 11 is 1.71. The minimum Gasteiger partial charge on any atom is -0.476 e. The smallest absolute Gasteiger partial charge is 0.410 e. The van der Waals surface area contributed by atoms with Crippen molar-refractivity contribution in [3.63, 3.8) is 0 Å². The molecule has 1 aliphatic rings. The molecule has 1 saturated heterocycles. The molecule has 1 atom stereocenters. The van der Waals surface area contributed by atoms with Gasteiger partial charge < -0.3 is 29.1 Å². The van der Waals surface area contributed by atoms with Crippen LogP contribution in [0, 0.1) is 5.92 Å². The Morgan fingerprint density at radius 1 is 1.12 bits per heavy atom. The number of pyridine rings is 2. The van der Waals surface area contributed by atoms with E-state index in [1.807, 2.05) is 61.1 Å². The van der Waals surface area contributed by atoms with Crippen LogP contribution in [0.25, 0.3) is 21.5 Å². The number of hydrogen-bond acceptors (Lipinski definition) is 9.